The summed E-state index contributed by atoms with van der Waals surface area (Å²) in [6, 6.07) is 2.78. The summed E-state index contributed by atoms with van der Waals surface area (Å²) in [5.74, 6) is 12.5. The number of hydrogen-bond donors (Lipinski definition) is 1. The zero-order valence-corrected chi connectivity index (χ0v) is 40.2. The maximum Gasteiger partial charge on any atom is 0.107 e. The fourth-order valence-electron chi connectivity index (χ4n) is 11.7. The van der Waals surface area contributed by atoms with Crippen molar-refractivity contribution in [3.05, 3.63) is 35.9 Å². The molecule has 24 atom stereocenters. The first kappa shape index (κ1) is 43.8. The predicted molar refractivity (Wildman–Crippen MR) is 249 cm³/mol. The fraction of sp³-hybridized carbons (Fsp3) is 0.812. The third-order valence-corrected chi connectivity index (χ3v) is 21.7. The van der Waals surface area contributed by atoms with E-state index >= 15 is 0 Å². The van der Waals surface area contributed by atoms with Gasteiger partial charge in [-0.05, 0) is 110 Å². The molecule has 1 N–H and O–H groups in total. The Morgan fingerprint density at radius 3 is 1.39 bits per heavy atom. The molecular weight excluding hydrogens is 761 g/mol. The standard InChI is InChI=1S/C10H17N.C8H13NS.2C8H12O.2C7H11NS/c1-5-6(2)10-9(5)7(3)8(4)11-10;1-4-5(2)8-7(4)9-6(3)10-8;2*1-5-6(2)8-7(5)3-4-9-8;2*1-4-5(2)7-6(4)8-3-9-7/h5-6,9-11H,1-4H3;4-5,7-8H,1-3H3;2*3-8H,1-2H3;2*3-7H,1-2H3. The van der Waals surface area contributed by atoms with Gasteiger partial charge in [0.2, 0.25) is 0 Å². The summed E-state index contributed by atoms with van der Waals surface area (Å²) in [5.41, 5.74) is 7.07. The van der Waals surface area contributed by atoms with E-state index in [0.717, 1.165) is 111 Å². The highest BCUT2D eigenvalue weighted by atomic mass is 32.2. The molecule has 0 aromatic rings. The first-order valence-electron chi connectivity index (χ1n) is 22.7. The van der Waals surface area contributed by atoms with Gasteiger partial charge in [-0.2, -0.15) is 0 Å². The van der Waals surface area contributed by atoms with Gasteiger partial charge in [-0.25, -0.2) is 0 Å². The number of thioether (sulfide) groups is 3. The number of ether oxygens (including phenoxy) is 2. The van der Waals surface area contributed by atoms with Gasteiger partial charge < -0.3 is 14.8 Å². The molecule has 6 aliphatic heterocycles. The predicted octanol–water partition coefficient (Wildman–Crippen LogP) is 11.5. The summed E-state index contributed by atoms with van der Waals surface area (Å²) in [6.45, 7) is 34.4. The summed E-state index contributed by atoms with van der Waals surface area (Å²) in [5, 5.41) is 7.36. The topological polar surface area (TPSA) is 67.6 Å². The van der Waals surface area contributed by atoms with Crippen LogP contribution >= 0.6 is 35.3 Å². The first-order valence-corrected chi connectivity index (χ1v) is 25.4. The molecule has 0 aromatic heterocycles. The van der Waals surface area contributed by atoms with Gasteiger partial charge in [-0.3, -0.25) is 15.0 Å². The van der Waals surface area contributed by atoms with E-state index in [1.807, 2.05) is 58.9 Å². The molecule has 6 aliphatic carbocycles. The van der Waals surface area contributed by atoms with E-state index in [1.54, 1.807) is 5.57 Å². The van der Waals surface area contributed by atoms with Gasteiger partial charge in [0.15, 0.2) is 0 Å². The maximum atomic E-state index is 5.35. The second-order valence-electron chi connectivity index (χ2n) is 20.2. The number of nitrogens with zero attached hydrogens (tertiary/aromatic N) is 3. The summed E-state index contributed by atoms with van der Waals surface area (Å²) < 4.78 is 10.7. The van der Waals surface area contributed by atoms with E-state index in [4.69, 9.17) is 9.47 Å². The molecule has 0 spiro atoms. The highest BCUT2D eigenvalue weighted by molar-refractivity contribution is 8.14. The Bertz CT molecular complexity index is 1480. The van der Waals surface area contributed by atoms with Crippen molar-refractivity contribution in [2.45, 2.75) is 156 Å². The van der Waals surface area contributed by atoms with Crippen molar-refractivity contribution >= 4 is 51.4 Å². The number of allylic oxidation sites excluding steroid dienone is 1. The van der Waals surface area contributed by atoms with E-state index in [0.29, 0.717) is 30.3 Å². The molecule has 6 fully saturated rings. The molecule has 0 radical (unpaired) electrons. The lowest BCUT2D eigenvalue weighted by molar-refractivity contribution is -0.0460. The molecule has 6 nitrogen and oxygen atoms in total. The van der Waals surface area contributed by atoms with Crippen LogP contribution in [0.1, 0.15) is 104 Å². The molecule has 6 saturated carbocycles. The van der Waals surface area contributed by atoms with Crippen molar-refractivity contribution in [2.24, 2.45) is 104 Å². The third-order valence-electron chi connectivity index (χ3n) is 17.8. The Morgan fingerprint density at radius 1 is 0.509 bits per heavy atom. The summed E-state index contributed by atoms with van der Waals surface area (Å²) in [4.78, 5) is 13.3. The lowest BCUT2D eigenvalue weighted by Gasteiger charge is -2.46. The van der Waals surface area contributed by atoms with Gasteiger partial charge >= 0.3 is 0 Å². The zero-order chi connectivity index (χ0) is 41.2. The van der Waals surface area contributed by atoms with Crippen LogP contribution in [0.25, 0.3) is 0 Å². The van der Waals surface area contributed by atoms with Gasteiger partial charge in [0.1, 0.15) is 12.2 Å². The minimum Gasteiger partial charge on any atom is -0.497 e. The molecule has 0 aromatic carbocycles. The van der Waals surface area contributed by atoms with Crippen molar-refractivity contribution in [1.82, 2.24) is 5.32 Å². The minimum atomic E-state index is 0.528. The molecule has 24 unspecified atom stereocenters. The number of fused-ring (bicyclic) bond motifs is 6. The number of rotatable bonds is 0. The van der Waals surface area contributed by atoms with Crippen LogP contribution in [0.4, 0.5) is 0 Å². The highest BCUT2D eigenvalue weighted by Crippen LogP contribution is 2.51. The Hall–Kier alpha value is -1.32. The Morgan fingerprint density at radius 2 is 0.965 bits per heavy atom. The Kier molecular flexibility index (Phi) is 13.5. The highest BCUT2D eigenvalue weighted by Gasteiger charge is 2.51. The second kappa shape index (κ2) is 17.6. The average Bonchev–Trinajstić information content (AvgIpc) is 4.09. The van der Waals surface area contributed by atoms with Crippen LogP contribution < -0.4 is 5.32 Å². The van der Waals surface area contributed by atoms with Gasteiger partial charge in [0, 0.05) is 45.2 Å². The zero-order valence-electron chi connectivity index (χ0n) is 37.7. The molecule has 9 heteroatoms. The van der Waals surface area contributed by atoms with Crippen LogP contribution in [0.15, 0.2) is 50.9 Å². The van der Waals surface area contributed by atoms with E-state index in [9.17, 15) is 0 Å². The van der Waals surface area contributed by atoms with Crippen LogP contribution in [0, 0.1) is 88.8 Å². The van der Waals surface area contributed by atoms with E-state index in [1.165, 1.54) is 10.7 Å². The minimum absolute atomic E-state index is 0.528. The Labute approximate surface area is 360 Å². The lowest BCUT2D eigenvalue weighted by atomic mass is 9.61. The molecule has 0 bridgehead atoms. The molecule has 0 amide bonds. The third kappa shape index (κ3) is 7.89. The quantitative estimate of drug-likeness (QED) is 0.262. The summed E-state index contributed by atoms with van der Waals surface area (Å²) in [6.07, 6.45) is 9.15. The van der Waals surface area contributed by atoms with Crippen molar-refractivity contribution in [2.75, 3.05) is 0 Å². The van der Waals surface area contributed by atoms with Crippen LogP contribution in [0.5, 0.6) is 0 Å². The van der Waals surface area contributed by atoms with Crippen molar-refractivity contribution in [3.63, 3.8) is 0 Å². The van der Waals surface area contributed by atoms with E-state index in [2.05, 4.69) is 136 Å². The average molecular weight is 837 g/mol. The van der Waals surface area contributed by atoms with Crippen LogP contribution in [0.3, 0.4) is 0 Å². The largest absolute Gasteiger partial charge is 0.497 e. The van der Waals surface area contributed by atoms with Crippen molar-refractivity contribution in [1.29, 1.82) is 0 Å². The van der Waals surface area contributed by atoms with Gasteiger partial charge in [-0.15, -0.1) is 35.3 Å². The van der Waals surface area contributed by atoms with Crippen LogP contribution in [-0.4, -0.2) is 68.3 Å². The van der Waals surface area contributed by atoms with Crippen LogP contribution in [0.2, 0.25) is 0 Å². The molecule has 57 heavy (non-hydrogen) atoms. The first-order chi connectivity index (χ1) is 27.0. The van der Waals surface area contributed by atoms with E-state index in [-0.39, 0.29) is 0 Å². The number of hydrogen-bond acceptors (Lipinski definition) is 9. The lowest BCUT2D eigenvalue weighted by Crippen LogP contribution is -2.51. The maximum absolute atomic E-state index is 5.35. The van der Waals surface area contributed by atoms with Gasteiger partial charge in [0.05, 0.1) is 46.8 Å². The van der Waals surface area contributed by atoms with Gasteiger partial charge in [0.25, 0.3) is 0 Å². The Balaban J connectivity index is 0.000000105. The second-order valence-corrected chi connectivity index (χ2v) is 23.7. The number of aliphatic imine (C=N–C) groups is 3. The molecule has 0 saturated heterocycles. The SMILES string of the molecule is CC1=C(C)C2C(C)C(C)C2N1.CC1=NC2C(C)C(C)C2S1.CC1C(C)C2OC=CC12.CC1C(C)C2OC=CC12.CC1C(C)C2SC=NC12.CC1C(C)C2SC=NC12. The summed E-state index contributed by atoms with van der Waals surface area (Å²) >= 11 is 5.80. The normalized spacial score (nSPS) is 52.8. The molecule has 318 valence electrons. The number of nitrogens with one attached hydrogen (secondary N) is 1. The molecular formula is C48H76N4O2S3. The van der Waals surface area contributed by atoms with Crippen molar-refractivity contribution in [3.8, 4) is 0 Å². The summed E-state index contributed by atoms with van der Waals surface area (Å²) in [7, 11) is 0. The van der Waals surface area contributed by atoms with E-state index < -0.39 is 0 Å². The molecule has 12 rings (SSSR count). The van der Waals surface area contributed by atoms with Gasteiger partial charge in [-0.1, -0.05) is 83.1 Å². The van der Waals surface area contributed by atoms with Crippen LogP contribution in [-0.2, 0) is 9.47 Å². The molecule has 12 aliphatic rings. The fourth-order valence-corrected chi connectivity index (χ4v) is 15.8. The monoisotopic (exact) mass is 837 g/mol. The van der Waals surface area contributed by atoms with Crippen molar-refractivity contribution < 1.29 is 9.47 Å². The smallest absolute Gasteiger partial charge is 0.107 e. The molecule has 6 heterocycles.